The summed E-state index contributed by atoms with van der Waals surface area (Å²) in [6, 6.07) is 0. The number of benzene rings is 1. The maximum Gasteiger partial charge on any atom is 0.0639 e. The molecule has 0 spiro atoms. The smallest absolute Gasteiger partial charge is 0.0639 e. The number of rotatable bonds is 4. The van der Waals surface area contributed by atoms with Gasteiger partial charge >= 0.3 is 0 Å². The van der Waals surface area contributed by atoms with E-state index in [4.69, 9.17) is 34.8 Å². The maximum atomic E-state index is 6.31. The van der Waals surface area contributed by atoms with Crippen LogP contribution in [0.1, 0.15) is 42.9 Å². The standard InChI is InChI=1S/C13H17Cl3/c1-4-5-6-7-10-8(2)12(15)13(16)9(3)11(10)14/h4-7H2,1-3H3. The van der Waals surface area contributed by atoms with Crippen LogP contribution in [-0.2, 0) is 6.42 Å². The first-order valence-electron chi connectivity index (χ1n) is 5.63. The van der Waals surface area contributed by atoms with Gasteiger partial charge in [-0.15, -0.1) is 0 Å². The van der Waals surface area contributed by atoms with E-state index in [1.165, 1.54) is 12.8 Å². The van der Waals surface area contributed by atoms with E-state index in [2.05, 4.69) is 6.92 Å². The Morgan fingerprint density at radius 1 is 0.812 bits per heavy atom. The lowest BCUT2D eigenvalue weighted by Gasteiger charge is -2.14. The first-order chi connectivity index (χ1) is 7.50. The van der Waals surface area contributed by atoms with Gasteiger partial charge in [-0.3, -0.25) is 0 Å². The summed E-state index contributed by atoms with van der Waals surface area (Å²) >= 11 is 18.6. The van der Waals surface area contributed by atoms with E-state index in [-0.39, 0.29) is 0 Å². The number of unbranched alkanes of at least 4 members (excludes halogenated alkanes) is 2. The van der Waals surface area contributed by atoms with Gasteiger partial charge in [0.05, 0.1) is 10.0 Å². The Balaban J connectivity index is 3.08. The summed E-state index contributed by atoms with van der Waals surface area (Å²) in [4.78, 5) is 0. The molecule has 90 valence electrons. The molecular weight excluding hydrogens is 263 g/mol. The van der Waals surface area contributed by atoms with E-state index in [0.29, 0.717) is 10.0 Å². The summed E-state index contributed by atoms with van der Waals surface area (Å²) in [7, 11) is 0. The fourth-order valence-electron chi connectivity index (χ4n) is 1.80. The zero-order valence-corrected chi connectivity index (χ0v) is 12.2. The van der Waals surface area contributed by atoms with Crippen LogP contribution in [0.25, 0.3) is 0 Å². The predicted molar refractivity (Wildman–Crippen MR) is 74.2 cm³/mol. The lowest BCUT2D eigenvalue weighted by atomic mass is 9.99. The van der Waals surface area contributed by atoms with E-state index in [1.807, 2.05) is 13.8 Å². The normalized spacial score (nSPS) is 10.9. The van der Waals surface area contributed by atoms with Gasteiger partial charge in [0.1, 0.15) is 0 Å². The quantitative estimate of drug-likeness (QED) is 0.468. The molecule has 0 N–H and O–H groups in total. The molecule has 0 unspecified atom stereocenters. The topological polar surface area (TPSA) is 0 Å². The average Bonchev–Trinajstić information content (AvgIpc) is 2.28. The van der Waals surface area contributed by atoms with Gasteiger partial charge in [0, 0.05) is 5.02 Å². The van der Waals surface area contributed by atoms with Crippen LogP contribution in [0.5, 0.6) is 0 Å². The second-order valence-electron chi connectivity index (χ2n) is 4.13. The average molecular weight is 280 g/mol. The molecule has 0 saturated carbocycles. The van der Waals surface area contributed by atoms with Crippen molar-refractivity contribution in [3.8, 4) is 0 Å². The van der Waals surface area contributed by atoms with Gasteiger partial charge < -0.3 is 0 Å². The lowest BCUT2D eigenvalue weighted by Crippen LogP contribution is -1.96. The summed E-state index contributed by atoms with van der Waals surface area (Å²) < 4.78 is 0. The highest BCUT2D eigenvalue weighted by atomic mass is 35.5. The highest BCUT2D eigenvalue weighted by Gasteiger charge is 2.15. The Morgan fingerprint density at radius 2 is 1.38 bits per heavy atom. The van der Waals surface area contributed by atoms with E-state index >= 15 is 0 Å². The molecule has 0 amide bonds. The minimum absolute atomic E-state index is 0.586. The summed E-state index contributed by atoms with van der Waals surface area (Å²) in [5.41, 5.74) is 3.07. The highest BCUT2D eigenvalue weighted by Crippen LogP contribution is 2.38. The Hall–Kier alpha value is 0.0900. The summed E-state index contributed by atoms with van der Waals surface area (Å²) in [6.07, 6.45) is 4.55. The Kier molecular flexibility index (Phi) is 5.43. The summed E-state index contributed by atoms with van der Waals surface area (Å²) in [5, 5.41) is 2.02. The Labute approximate surface area is 113 Å². The molecule has 0 radical (unpaired) electrons. The van der Waals surface area contributed by atoms with Crippen LogP contribution in [0.3, 0.4) is 0 Å². The summed E-state index contributed by atoms with van der Waals surface area (Å²) in [6.45, 7) is 6.09. The van der Waals surface area contributed by atoms with Crippen LogP contribution >= 0.6 is 34.8 Å². The molecule has 0 aliphatic carbocycles. The van der Waals surface area contributed by atoms with Crippen molar-refractivity contribution in [2.24, 2.45) is 0 Å². The van der Waals surface area contributed by atoms with Crippen molar-refractivity contribution in [3.05, 3.63) is 31.8 Å². The monoisotopic (exact) mass is 278 g/mol. The molecule has 3 heteroatoms. The fraction of sp³-hybridized carbons (Fsp3) is 0.538. The predicted octanol–water partition coefficient (Wildman–Crippen LogP) is 6.00. The largest absolute Gasteiger partial charge is 0.0837 e. The molecule has 0 bridgehead atoms. The highest BCUT2D eigenvalue weighted by molar-refractivity contribution is 6.44. The number of halogens is 3. The fourth-order valence-corrected chi connectivity index (χ4v) is 2.67. The van der Waals surface area contributed by atoms with E-state index < -0.39 is 0 Å². The Bertz CT molecular complexity index is 354. The first kappa shape index (κ1) is 14.2. The van der Waals surface area contributed by atoms with E-state index in [0.717, 1.165) is 34.6 Å². The second-order valence-corrected chi connectivity index (χ2v) is 5.26. The molecule has 0 atom stereocenters. The number of hydrogen-bond donors (Lipinski definition) is 0. The maximum absolute atomic E-state index is 6.31. The van der Waals surface area contributed by atoms with Crippen LogP contribution in [0.2, 0.25) is 15.1 Å². The van der Waals surface area contributed by atoms with Crippen LogP contribution in [0, 0.1) is 13.8 Å². The third-order valence-corrected chi connectivity index (χ3v) is 4.48. The molecule has 0 heterocycles. The molecule has 0 aliphatic rings. The lowest BCUT2D eigenvalue weighted by molar-refractivity contribution is 0.715. The minimum Gasteiger partial charge on any atom is -0.0837 e. The van der Waals surface area contributed by atoms with Gasteiger partial charge in [0.25, 0.3) is 0 Å². The van der Waals surface area contributed by atoms with E-state index in [1.54, 1.807) is 0 Å². The van der Waals surface area contributed by atoms with Crippen molar-refractivity contribution in [1.29, 1.82) is 0 Å². The molecule has 1 aromatic rings. The van der Waals surface area contributed by atoms with Gasteiger partial charge in [-0.2, -0.15) is 0 Å². The van der Waals surface area contributed by atoms with Gasteiger partial charge in [0.2, 0.25) is 0 Å². The molecule has 0 nitrogen and oxygen atoms in total. The van der Waals surface area contributed by atoms with Gasteiger partial charge in [-0.05, 0) is 43.4 Å². The molecule has 1 aromatic carbocycles. The van der Waals surface area contributed by atoms with Crippen LogP contribution in [0.15, 0.2) is 0 Å². The van der Waals surface area contributed by atoms with Crippen molar-refractivity contribution < 1.29 is 0 Å². The van der Waals surface area contributed by atoms with Crippen LogP contribution in [-0.4, -0.2) is 0 Å². The van der Waals surface area contributed by atoms with Crippen molar-refractivity contribution in [2.75, 3.05) is 0 Å². The zero-order chi connectivity index (χ0) is 12.3. The molecule has 0 aliphatic heterocycles. The third-order valence-electron chi connectivity index (χ3n) is 2.93. The van der Waals surface area contributed by atoms with Crippen LogP contribution < -0.4 is 0 Å². The van der Waals surface area contributed by atoms with E-state index in [9.17, 15) is 0 Å². The zero-order valence-electron chi connectivity index (χ0n) is 9.96. The minimum atomic E-state index is 0.586. The van der Waals surface area contributed by atoms with Crippen molar-refractivity contribution in [3.63, 3.8) is 0 Å². The SMILES string of the molecule is CCCCCc1c(C)c(Cl)c(Cl)c(C)c1Cl. The molecule has 0 fully saturated rings. The second kappa shape index (κ2) is 6.14. The van der Waals surface area contributed by atoms with Gasteiger partial charge in [-0.1, -0.05) is 54.6 Å². The van der Waals surface area contributed by atoms with Crippen molar-refractivity contribution in [1.82, 2.24) is 0 Å². The summed E-state index contributed by atoms with van der Waals surface area (Å²) in [5.74, 6) is 0. The molecular formula is C13H17Cl3. The van der Waals surface area contributed by atoms with Gasteiger partial charge in [-0.25, -0.2) is 0 Å². The molecule has 1 rings (SSSR count). The molecule has 16 heavy (non-hydrogen) atoms. The first-order valence-corrected chi connectivity index (χ1v) is 6.76. The molecule has 0 aromatic heterocycles. The van der Waals surface area contributed by atoms with Crippen molar-refractivity contribution in [2.45, 2.75) is 46.5 Å². The Morgan fingerprint density at radius 3 is 1.94 bits per heavy atom. The third kappa shape index (κ3) is 2.85. The van der Waals surface area contributed by atoms with Crippen LogP contribution in [0.4, 0.5) is 0 Å². The number of hydrogen-bond acceptors (Lipinski definition) is 0. The molecule has 0 saturated heterocycles. The van der Waals surface area contributed by atoms with Gasteiger partial charge in [0.15, 0.2) is 0 Å². The van der Waals surface area contributed by atoms with Crippen molar-refractivity contribution >= 4 is 34.8 Å².